The fourth-order valence-corrected chi connectivity index (χ4v) is 4.63. The third kappa shape index (κ3) is 7.28. The third-order valence-electron chi connectivity index (χ3n) is 5.50. The summed E-state index contributed by atoms with van der Waals surface area (Å²) in [6.45, 7) is 4.14. The van der Waals surface area contributed by atoms with Gasteiger partial charge >= 0.3 is 0 Å². The van der Waals surface area contributed by atoms with Crippen molar-refractivity contribution >= 4 is 27.5 Å². The van der Waals surface area contributed by atoms with E-state index in [0.29, 0.717) is 12.1 Å². The van der Waals surface area contributed by atoms with Gasteiger partial charge in [0.05, 0.1) is 11.9 Å². The first-order valence-electron chi connectivity index (χ1n) is 10.9. The smallest absolute Gasteiger partial charge is 0.242 e. The molecule has 2 amide bonds. The van der Waals surface area contributed by atoms with Crippen LogP contribution in [0.4, 0.5) is 10.1 Å². The molecule has 0 saturated heterocycles. The minimum absolute atomic E-state index is 0.0607. The van der Waals surface area contributed by atoms with E-state index in [1.54, 1.807) is 4.90 Å². The second-order valence-corrected chi connectivity index (χ2v) is 9.81. The molecule has 0 aromatic heterocycles. The van der Waals surface area contributed by atoms with Gasteiger partial charge in [0, 0.05) is 26.6 Å². The van der Waals surface area contributed by atoms with Gasteiger partial charge in [-0.1, -0.05) is 31.2 Å². The van der Waals surface area contributed by atoms with Crippen LogP contribution in [-0.4, -0.2) is 51.0 Å². The van der Waals surface area contributed by atoms with Gasteiger partial charge in [-0.15, -0.1) is 0 Å². The molecule has 0 heterocycles. The summed E-state index contributed by atoms with van der Waals surface area (Å²) in [6.07, 6.45) is 1.83. The van der Waals surface area contributed by atoms with Crippen molar-refractivity contribution in [2.24, 2.45) is 0 Å². The van der Waals surface area contributed by atoms with Crippen molar-refractivity contribution in [3.05, 3.63) is 65.5 Å². The highest BCUT2D eigenvalue weighted by molar-refractivity contribution is 7.92. The Hall–Kier alpha value is -2.94. The van der Waals surface area contributed by atoms with Crippen molar-refractivity contribution in [3.8, 4) is 0 Å². The lowest BCUT2D eigenvalue weighted by Crippen LogP contribution is -2.48. The molecule has 0 spiro atoms. The van der Waals surface area contributed by atoms with E-state index < -0.39 is 21.9 Å². The number of halogens is 1. The van der Waals surface area contributed by atoms with Gasteiger partial charge in [-0.05, 0) is 55.2 Å². The molecule has 0 aliphatic carbocycles. The van der Waals surface area contributed by atoms with E-state index in [9.17, 15) is 22.4 Å². The summed E-state index contributed by atoms with van der Waals surface area (Å²) >= 11 is 0. The number of rotatable bonds is 11. The van der Waals surface area contributed by atoms with E-state index in [-0.39, 0.29) is 37.7 Å². The minimum Gasteiger partial charge on any atom is -0.357 e. The van der Waals surface area contributed by atoms with Crippen molar-refractivity contribution in [1.29, 1.82) is 0 Å². The summed E-state index contributed by atoms with van der Waals surface area (Å²) in [5.74, 6) is -0.946. The lowest BCUT2D eigenvalue weighted by Gasteiger charge is -2.31. The van der Waals surface area contributed by atoms with Gasteiger partial charge in [0.2, 0.25) is 21.8 Å². The number of sulfonamides is 1. The first kappa shape index (κ1) is 26.3. The molecule has 1 atom stereocenters. The molecule has 0 fully saturated rings. The number of hydrogen-bond acceptors (Lipinski definition) is 4. The number of benzene rings is 2. The lowest BCUT2D eigenvalue weighted by molar-refractivity contribution is -0.141. The van der Waals surface area contributed by atoms with Crippen LogP contribution < -0.4 is 9.62 Å². The topological polar surface area (TPSA) is 86.8 Å². The summed E-state index contributed by atoms with van der Waals surface area (Å²) < 4.78 is 39.0. The SMILES string of the molecule is CCC(C(=O)NC)N(Cc1ccccc1C)C(=O)CCCN(c1ccc(F)cc1)S(C)(=O)=O. The van der Waals surface area contributed by atoms with Crippen LogP contribution in [0.2, 0.25) is 0 Å². The highest BCUT2D eigenvalue weighted by atomic mass is 32.2. The Morgan fingerprint density at radius 1 is 1.09 bits per heavy atom. The van der Waals surface area contributed by atoms with Crippen LogP contribution in [-0.2, 0) is 26.2 Å². The number of amides is 2. The van der Waals surface area contributed by atoms with Crippen LogP contribution in [0.15, 0.2) is 48.5 Å². The van der Waals surface area contributed by atoms with E-state index in [2.05, 4.69) is 5.32 Å². The van der Waals surface area contributed by atoms with Gasteiger partial charge in [0.1, 0.15) is 11.9 Å². The Balaban J connectivity index is 2.19. The number of nitrogens with one attached hydrogen (secondary N) is 1. The molecule has 9 heteroatoms. The second-order valence-electron chi connectivity index (χ2n) is 7.90. The number of hydrogen-bond donors (Lipinski definition) is 1. The van der Waals surface area contributed by atoms with Crippen LogP contribution in [0.25, 0.3) is 0 Å². The van der Waals surface area contributed by atoms with Gasteiger partial charge in [0.15, 0.2) is 0 Å². The molecule has 1 N–H and O–H groups in total. The maximum atomic E-state index is 13.3. The zero-order valence-corrected chi connectivity index (χ0v) is 20.4. The second kappa shape index (κ2) is 11.8. The molecule has 0 bridgehead atoms. The van der Waals surface area contributed by atoms with Crippen molar-refractivity contribution in [3.63, 3.8) is 0 Å². The zero-order chi connectivity index (χ0) is 24.6. The molecule has 2 aromatic carbocycles. The average molecular weight is 478 g/mol. The van der Waals surface area contributed by atoms with Gasteiger partial charge in [-0.2, -0.15) is 0 Å². The summed E-state index contributed by atoms with van der Waals surface area (Å²) in [6, 6.07) is 12.2. The van der Waals surface area contributed by atoms with Crippen LogP contribution in [0.1, 0.15) is 37.3 Å². The quantitative estimate of drug-likeness (QED) is 0.538. The maximum Gasteiger partial charge on any atom is 0.242 e. The van der Waals surface area contributed by atoms with Crippen molar-refractivity contribution in [2.75, 3.05) is 24.2 Å². The number of nitrogens with zero attached hydrogens (tertiary/aromatic N) is 2. The Bertz CT molecular complexity index is 1060. The monoisotopic (exact) mass is 477 g/mol. The molecule has 180 valence electrons. The van der Waals surface area contributed by atoms with Gasteiger partial charge < -0.3 is 10.2 Å². The standard InChI is InChI=1S/C24H32FN3O4S/c1-5-22(24(30)26-3)27(17-19-10-7-6-9-18(19)2)23(29)11-8-16-28(33(4,31)32)21-14-12-20(25)13-15-21/h6-7,9-10,12-15,22H,5,8,11,16-17H2,1-4H3,(H,26,30). The number of carbonyl (C=O) groups is 2. The van der Waals surface area contributed by atoms with Gasteiger partial charge in [-0.3, -0.25) is 13.9 Å². The minimum atomic E-state index is -3.62. The Labute approximate surface area is 195 Å². The highest BCUT2D eigenvalue weighted by Crippen LogP contribution is 2.20. The van der Waals surface area contributed by atoms with Crippen molar-refractivity contribution in [2.45, 2.75) is 45.7 Å². The number of carbonyl (C=O) groups excluding carboxylic acids is 2. The summed E-state index contributed by atoms with van der Waals surface area (Å²) in [5.41, 5.74) is 2.29. The van der Waals surface area contributed by atoms with E-state index in [0.717, 1.165) is 21.7 Å². The van der Waals surface area contributed by atoms with E-state index in [1.165, 1.54) is 31.3 Å². The number of aryl methyl sites for hydroxylation is 1. The van der Waals surface area contributed by atoms with E-state index in [4.69, 9.17) is 0 Å². The van der Waals surface area contributed by atoms with E-state index in [1.807, 2.05) is 38.1 Å². The molecule has 0 aliphatic rings. The molecule has 33 heavy (non-hydrogen) atoms. The summed E-state index contributed by atoms with van der Waals surface area (Å²) in [4.78, 5) is 27.2. The molecule has 2 aromatic rings. The molecule has 0 aliphatic heterocycles. The largest absolute Gasteiger partial charge is 0.357 e. The zero-order valence-electron chi connectivity index (χ0n) is 19.5. The molecule has 2 rings (SSSR count). The Kier molecular flexibility index (Phi) is 9.40. The third-order valence-corrected chi connectivity index (χ3v) is 6.70. The fourth-order valence-electron chi connectivity index (χ4n) is 3.67. The fraction of sp³-hybridized carbons (Fsp3) is 0.417. The van der Waals surface area contributed by atoms with Crippen LogP contribution >= 0.6 is 0 Å². The normalized spacial score (nSPS) is 12.2. The summed E-state index contributed by atoms with van der Waals surface area (Å²) in [5, 5.41) is 2.62. The predicted molar refractivity (Wildman–Crippen MR) is 128 cm³/mol. The molecular weight excluding hydrogens is 445 g/mol. The van der Waals surface area contributed by atoms with Crippen molar-refractivity contribution < 1.29 is 22.4 Å². The maximum absolute atomic E-state index is 13.3. The first-order chi connectivity index (χ1) is 15.6. The Morgan fingerprint density at radius 3 is 2.27 bits per heavy atom. The van der Waals surface area contributed by atoms with Gasteiger partial charge in [-0.25, -0.2) is 12.8 Å². The van der Waals surface area contributed by atoms with E-state index >= 15 is 0 Å². The number of likely N-dealkylation sites (N-methyl/N-ethyl adjacent to an activating group) is 1. The molecule has 0 saturated carbocycles. The first-order valence-corrected chi connectivity index (χ1v) is 12.7. The van der Waals surface area contributed by atoms with Crippen LogP contribution in [0.3, 0.4) is 0 Å². The van der Waals surface area contributed by atoms with Crippen molar-refractivity contribution in [1.82, 2.24) is 10.2 Å². The van der Waals surface area contributed by atoms with Crippen LogP contribution in [0.5, 0.6) is 0 Å². The number of anilines is 1. The van der Waals surface area contributed by atoms with Gasteiger partial charge in [0.25, 0.3) is 0 Å². The average Bonchev–Trinajstić information content (AvgIpc) is 2.77. The van der Waals surface area contributed by atoms with Crippen LogP contribution in [0, 0.1) is 12.7 Å². The molecule has 0 radical (unpaired) electrons. The molecule has 1 unspecified atom stereocenters. The summed E-state index contributed by atoms with van der Waals surface area (Å²) in [7, 11) is -2.08. The Morgan fingerprint density at radius 2 is 1.73 bits per heavy atom. The molecule has 7 nitrogen and oxygen atoms in total. The predicted octanol–water partition coefficient (Wildman–Crippen LogP) is 3.23. The lowest BCUT2D eigenvalue weighted by atomic mass is 10.1. The highest BCUT2D eigenvalue weighted by Gasteiger charge is 2.28. The molecular formula is C24H32FN3O4S.